The van der Waals surface area contributed by atoms with Crippen molar-refractivity contribution in [2.24, 2.45) is 5.92 Å². The Morgan fingerprint density at radius 3 is 2.88 bits per heavy atom. The molecule has 3 nitrogen and oxygen atoms in total. The first-order valence-corrected chi connectivity index (χ1v) is 5.99. The van der Waals surface area contributed by atoms with Gasteiger partial charge in [0.2, 0.25) is 0 Å². The van der Waals surface area contributed by atoms with E-state index in [0.717, 1.165) is 11.1 Å². The lowest BCUT2D eigenvalue weighted by atomic mass is 9.76. The summed E-state index contributed by atoms with van der Waals surface area (Å²) in [4.78, 5) is 11.8. The lowest BCUT2D eigenvalue weighted by Crippen LogP contribution is -2.32. The molecule has 1 N–H and O–H groups in total. The van der Waals surface area contributed by atoms with Gasteiger partial charge in [-0.05, 0) is 30.4 Å². The SMILES string of the molecule is CCOC(=O)C1CC(C)c2ccccc2C1=N. The van der Waals surface area contributed by atoms with Crippen LogP contribution in [0.15, 0.2) is 24.3 Å². The van der Waals surface area contributed by atoms with Gasteiger partial charge in [-0.3, -0.25) is 4.79 Å². The van der Waals surface area contributed by atoms with E-state index < -0.39 is 5.92 Å². The van der Waals surface area contributed by atoms with Crippen molar-refractivity contribution in [1.82, 2.24) is 0 Å². The standard InChI is InChI=1S/C14H17NO2/c1-3-17-14(16)12-8-9(2)10-6-4-5-7-11(10)13(12)15/h4-7,9,12,15H,3,8H2,1-2H3. The van der Waals surface area contributed by atoms with E-state index in [1.165, 1.54) is 0 Å². The van der Waals surface area contributed by atoms with Crippen molar-refractivity contribution in [3.63, 3.8) is 0 Å². The van der Waals surface area contributed by atoms with Gasteiger partial charge in [0.1, 0.15) is 0 Å². The third kappa shape index (κ3) is 2.09. The number of nitrogens with one attached hydrogen (secondary N) is 1. The smallest absolute Gasteiger partial charge is 0.315 e. The highest BCUT2D eigenvalue weighted by molar-refractivity contribution is 6.12. The summed E-state index contributed by atoms with van der Waals surface area (Å²) in [6.07, 6.45) is 0.675. The quantitative estimate of drug-likeness (QED) is 0.796. The number of hydrogen-bond acceptors (Lipinski definition) is 3. The van der Waals surface area contributed by atoms with E-state index in [0.29, 0.717) is 24.7 Å². The lowest BCUT2D eigenvalue weighted by Gasteiger charge is -2.28. The van der Waals surface area contributed by atoms with E-state index in [9.17, 15) is 4.79 Å². The largest absolute Gasteiger partial charge is 0.465 e. The average Bonchev–Trinajstić information content (AvgIpc) is 2.34. The molecule has 1 aromatic carbocycles. The maximum atomic E-state index is 11.8. The Morgan fingerprint density at radius 2 is 2.18 bits per heavy atom. The summed E-state index contributed by atoms with van der Waals surface area (Å²) >= 11 is 0. The molecule has 17 heavy (non-hydrogen) atoms. The summed E-state index contributed by atoms with van der Waals surface area (Å²) < 4.78 is 5.04. The number of rotatable bonds is 2. The maximum Gasteiger partial charge on any atom is 0.315 e. The Morgan fingerprint density at radius 1 is 1.47 bits per heavy atom. The van der Waals surface area contributed by atoms with Crippen LogP contribution in [0.2, 0.25) is 0 Å². The highest BCUT2D eigenvalue weighted by atomic mass is 16.5. The first-order chi connectivity index (χ1) is 8.15. The Bertz CT molecular complexity index is 453. The average molecular weight is 231 g/mol. The molecule has 3 heteroatoms. The summed E-state index contributed by atoms with van der Waals surface area (Å²) in [5.74, 6) is -0.367. The first-order valence-electron chi connectivity index (χ1n) is 5.99. The minimum absolute atomic E-state index is 0.265. The molecular formula is C14H17NO2. The van der Waals surface area contributed by atoms with E-state index in [1.54, 1.807) is 6.92 Å². The van der Waals surface area contributed by atoms with Crippen molar-refractivity contribution in [3.05, 3.63) is 35.4 Å². The summed E-state index contributed by atoms with van der Waals surface area (Å²) in [5, 5.41) is 8.13. The fraction of sp³-hybridized carbons (Fsp3) is 0.429. The van der Waals surface area contributed by atoms with Gasteiger partial charge in [-0.25, -0.2) is 0 Å². The molecule has 0 spiro atoms. The van der Waals surface area contributed by atoms with Crippen molar-refractivity contribution in [2.45, 2.75) is 26.2 Å². The van der Waals surface area contributed by atoms with Crippen molar-refractivity contribution in [1.29, 1.82) is 5.41 Å². The molecule has 1 aliphatic rings. The van der Waals surface area contributed by atoms with E-state index >= 15 is 0 Å². The molecule has 0 amide bonds. The Kier molecular flexibility index (Phi) is 3.27. The highest BCUT2D eigenvalue weighted by Gasteiger charge is 2.34. The number of fused-ring (bicyclic) bond motifs is 1. The minimum Gasteiger partial charge on any atom is -0.465 e. The van der Waals surface area contributed by atoms with Gasteiger partial charge in [0.25, 0.3) is 0 Å². The molecular weight excluding hydrogens is 214 g/mol. The monoisotopic (exact) mass is 231 g/mol. The van der Waals surface area contributed by atoms with E-state index in [-0.39, 0.29) is 5.97 Å². The highest BCUT2D eigenvalue weighted by Crippen LogP contribution is 2.34. The fourth-order valence-corrected chi connectivity index (χ4v) is 2.42. The van der Waals surface area contributed by atoms with E-state index in [4.69, 9.17) is 10.1 Å². The topological polar surface area (TPSA) is 50.2 Å². The molecule has 0 fully saturated rings. The van der Waals surface area contributed by atoms with Crippen LogP contribution >= 0.6 is 0 Å². The van der Waals surface area contributed by atoms with Crippen LogP contribution in [0, 0.1) is 11.3 Å². The zero-order chi connectivity index (χ0) is 12.4. The van der Waals surface area contributed by atoms with Gasteiger partial charge >= 0.3 is 5.97 Å². The summed E-state index contributed by atoms with van der Waals surface area (Å²) in [7, 11) is 0. The molecule has 0 heterocycles. The molecule has 0 aromatic heterocycles. The molecule has 2 rings (SSSR count). The zero-order valence-corrected chi connectivity index (χ0v) is 10.2. The second kappa shape index (κ2) is 4.70. The Balaban J connectivity index is 2.33. The van der Waals surface area contributed by atoms with Crippen LogP contribution in [0.4, 0.5) is 0 Å². The van der Waals surface area contributed by atoms with Crippen LogP contribution in [0.1, 0.15) is 37.3 Å². The zero-order valence-electron chi connectivity index (χ0n) is 10.2. The molecule has 2 atom stereocenters. The Labute approximate surface area is 101 Å². The summed E-state index contributed by atoms with van der Waals surface area (Å²) in [5.41, 5.74) is 2.46. The van der Waals surface area contributed by atoms with Crippen LogP contribution in [-0.4, -0.2) is 18.3 Å². The number of esters is 1. The van der Waals surface area contributed by atoms with Crippen LogP contribution in [-0.2, 0) is 9.53 Å². The second-order valence-corrected chi connectivity index (χ2v) is 4.44. The van der Waals surface area contributed by atoms with Gasteiger partial charge in [0.05, 0.1) is 18.2 Å². The van der Waals surface area contributed by atoms with Crippen molar-refractivity contribution < 1.29 is 9.53 Å². The number of benzene rings is 1. The molecule has 1 aliphatic carbocycles. The van der Waals surface area contributed by atoms with Gasteiger partial charge in [-0.1, -0.05) is 31.2 Å². The van der Waals surface area contributed by atoms with Gasteiger partial charge in [0.15, 0.2) is 0 Å². The minimum atomic E-state index is -0.403. The van der Waals surface area contributed by atoms with Crippen LogP contribution < -0.4 is 0 Å². The first kappa shape index (κ1) is 11.8. The molecule has 90 valence electrons. The maximum absolute atomic E-state index is 11.8. The summed E-state index contributed by atoms with van der Waals surface area (Å²) in [6, 6.07) is 7.84. The number of carbonyl (C=O) groups is 1. The predicted octanol–water partition coefficient (Wildman–Crippen LogP) is 2.74. The molecule has 2 unspecified atom stereocenters. The fourth-order valence-electron chi connectivity index (χ4n) is 2.42. The molecule has 0 saturated heterocycles. The molecule has 1 aromatic rings. The molecule has 0 saturated carbocycles. The number of hydrogen-bond donors (Lipinski definition) is 1. The van der Waals surface area contributed by atoms with Gasteiger partial charge in [-0.15, -0.1) is 0 Å². The second-order valence-electron chi connectivity index (χ2n) is 4.44. The number of carbonyl (C=O) groups excluding carboxylic acids is 1. The third-order valence-electron chi connectivity index (χ3n) is 3.29. The van der Waals surface area contributed by atoms with Crippen LogP contribution in [0.5, 0.6) is 0 Å². The van der Waals surface area contributed by atoms with Crippen molar-refractivity contribution in [3.8, 4) is 0 Å². The molecule has 0 bridgehead atoms. The van der Waals surface area contributed by atoms with Crippen molar-refractivity contribution >= 4 is 11.7 Å². The van der Waals surface area contributed by atoms with Gasteiger partial charge in [0, 0.05) is 0 Å². The normalized spacial score (nSPS) is 23.1. The van der Waals surface area contributed by atoms with Crippen LogP contribution in [0.3, 0.4) is 0 Å². The van der Waals surface area contributed by atoms with Crippen molar-refractivity contribution in [2.75, 3.05) is 6.61 Å². The van der Waals surface area contributed by atoms with Crippen LogP contribution in [0.25, 0.3) is 0 Å². The number of ether oxygens (including phenoxy) is 1. The van der Waals surface area contributed by atoms with Gasteiger partial charge in [-0.2, -0.15) is 0 Å². The molecule has 0 radical (unpaired) electrons. The lowest BCUT2D eigenvalue weighted by molar-refractivity contribution is -0.145. The molecule has 0 aliphatic heterocycles. The Hall–Kier alpha value is -1.64. The van der Waals surface area contributed by atoms with E-state index in [1.807, 2.05) is 24.3 Å². The third-order valence-corrected chi connectivity index (χ3v) is 3.29. The van der Waals surface area contributed by atoms with Gasteiger partial charge < -0.3 is 10.1 Å². The van der Waals surface area contributed by atoms with E-state index in [2.05, 4.69) is 6.92 Å². The predicted molar refractivity (Wildman–Crippen MR) is 66.4 cm³/mol. The summed E-state index contributed by atoms with van der Waals surface area (Å²) in [6.45, 7) is 4.26.